The van der Waals surface area contributed by atoms with Crippen molar-refractivity contribution in [2.24, 2.45) is 11.8 Å². The first-order valence-corrected chi connectivity index (χ1v) is 28.6. The molecule has 0 bridgehead atoms. The van der Waals surface area contributed by atoms with Crippen LogP contribution < -0.4 is 15.4 Å². The van der Waals surface area contributed by atoms with E-state index in [4.69, 9.17) is 4.74 Å². The molecule has 17 nitrogen and oxygen atoms in total. The molecule has 6 amide bonds. The second kappa shape index (κ2) is 22.9. The second-order valence-electron chi connectivity index (χ2n) is 21.4. The summed E-state index contributed by atoms with van der Waals surface area (Å²) in [5, 5.41) is 26.8. The fraction of sp³-hybridized carbons (Fsp3) is 0.383. The van der Waals surface area contributed by atoms with Gasteiger partial charge in [-0.25, -0.2) is 9.97 Å². The van der Waals surface area contributed by atoms with Gasteiger partial charge in [-0.15, -0.1) is 22.7 Å². The zero-order valence-corrected chi connectivity index (χ0v) is 46.6. The molecule has 4 aliphatic rings. The number of carbonyl (C=O) groups is 6. The van der Waals surface area contributed by atoms with Crippen molar-refractivity contribution in [1.29, 1.82) is 5.26 Å². The van der Waals surface area contributed by atoms with Crippen molar-refractivity contribution in [1.82, 2.24) is 40.2 Å². The van der Waals surface area contributed by atoms with Crippen molar-refractivity contribution in [3.05, 3.63) is 146 Å². The number of rotatable bonds is 17. The standard InChI is InChI=1S/C60H63N9O8S2/c1-7-34(4)52(60(76)66-28-43(70)21-49(66)55(71)62-25-37-11-15-39(16-12-37)53-35(5)64-31-78-53)68-27-42-19-20-44(22-47(42)58(68)74)77-45-23-50(56(72)63-26-38-13-17-40(18-14-38)54-36(6)65-32-79-54)67(29-45)59(75)51(33(2)3)69-30-48-41(24-61)9-8-10-46(48)57(69)73/h8-20,22,31-34,43,45,49-52,70H,7,21,23,25-30H2,1-6H3,(H,62,71)(H,63,72)/t34-,43+,45+,49-,50-,51-,52-/m0/s1. The van der Waals surface area contributed by atoms with Crippen molar-refractivity contribution in [2.45, 2.75) is 123 Å². The van der Waals surface area contributed by atoms with Gasteiger partial charge < -0.3 is 40.1 Å². The van der Waals surface area contributed by atoms with Crippen LogP contribution in [0, 0.1) is 37.0 Å². The largest absolute Gasteiger partial charge is 0.488 e. The molecular formula is C60H63N9O8S2. The van der Waals surface area contributed by atoms with Gasteiger partial charge in [0.2, 0.25) is 23.6 Å². The first-order chi connectivity index (χ1) is 38.0. The van der Waals surface area contributed by atoms with Crippen LogP contribution in [0.2, 0.25) is 0 Å². The van der Waals surface area contributed by atoms with E-state index in [0.29, 0.717) is 40.0 Å². The molecule has 7 atom stereocenters. The number of ether oxygens (including phenoxy) is 1. The van der Waals surface area contributed by atoms with E-state index in [2.05, 4.69) is 26.7 Å². The zero-order valence-electron chi connectivity index (χ0n) is 45.0. The highest BCUT2D eigenvalue weighted by atomic mass is 32.1. The molecule has 0 radical (unpaired) electrons. The van der Waals surface area contributed by atoms with Crippen molar-refractivity contribution >= 4 is 58.1 Å². The van der Waals surface area contributed by atoms with Gasteiger partial charge in [0.1, 0.15) is 36.0 Å². The van der Waals surface area contributed by atoms with Gasteiger partial charge in [-0.3, -0.25) is 28.8 Å². The number of thiazole rings is 2. The van der Waals surface area contributed by atoms with Gasteiger partial charge in [-0.2, -0.15) is 5.26 Å². The molecule has 0 unspecified atom stereocenters. The summed E-state index contributed by atoms with van der Waals surface area (Å²) in [5.41, 5.74) is 11.6. The van der Waals surface area contributed by atoms with Gasteiger partial charge in [-0.1, -0.05) is 94.8 Å². The number of benzene rings is 4. The number of aromatic nitrogens is 2. The van der Waals surface area contributed by atoms with E-state index < -0.39 is 60.0 Å². The minimum absolute atomic E-state index is 0.000845. The molecule has 0 spiro atoms. The van der Waals surface area contributed by atoms with Crippen molar-refractivity contribution in [3.8, 4) is 32.7 Å². The highest BCUT2D eigenvalue weighted by molar-refractivity contribution is 7.13. The molecule has 2 fully saturated rings. The molecule has 2 aromatic heterocycles. The smallest absolute Gasteiger partial charge is 0.255 e. The summed E-state index contributed by atoms with van der Waals surface area (Å²) < 4.78 is 6.61. The van der Waals surface area contributed by atoms with Crippen LogP contribution in [-0.2, 0) is 45.4 Å². The quantitative estimate of drug-likeness (QED) is 0.0817. The third-order valence-corrected chi connectivity index (χ3v) is 17.8. The molecule has 408 valence electrons. The Morgan fingerprint density at radius 2 is 1.29 bits per heavy atom. The normalized spacial score (nSPS) is 19.8. The number of nitrogens with one attached hydrogen (secondary N) is 2. The van der Waals surface area contributed by atoms with Gasteiger partial charge in [0.25, 0.3) is 11.8 Å². The maximum absolute atomic E-state index is 15.0. The number of aryl methyl sites for hydroxylation is 2. The molecule has 19 heteroatoms. The number of β-amino-alcohol motifs (C(OH)–C–C–N with tert-alkyl or cyclic N) is 1. The first-order valence-electron chi connectivity index (χ1n) is 26.8. The van der Waals surface area contributed by atoms with E-state index in [-0.39, 0.29) is 75.8 Å². The highest BCUT2D eigenvalue weighted by Crippen LogP contribution is 2.37. The van der Waals surface area contributed by atoms with Gasteiger partial charge >= 0.3 is 0 Å². The predicted molar refractivity (Wildman–Crippen MR) is 298 cm³/mol. The minimum atomic E-state index is -0.984. The van der Waals surface area contributed by atoms with E-state index in [1.54, 1.807) is 75.0 Å². The van der Waals surface area contributed by atoms with Crippen LogP contribution in [0.1, 0.15) is 107 Å². The Bertz CT molecular complexity index is 3370. The zero-order chi connectivity index (χ0) is 55.8. The lowest BCUT2D eigenvalue weighted by molar-refractivity contribution is -0.143. The van der Waals surface area contributed by atoms with Gasteiger partial charge in [0, 0.05) is 62.3 Å². The van der Waals surface area contributed by atoms with Crippen molar-refractivity contribution in [2.75, 3.05) is 13.1 Å². The lowest BCUT2D eigenvalue weighted by atomic mass is 9.95. The van der Waals surface area contributed by atoms with E-state index in [0.717, 1.165) is 43.4 Å². The third-order valence-electron chi connectivity index (χ3n) is 15.9. The summed E-state index contributed by atoms with van der Waals surface area (Å²) >= 11 is 3.11. The van der Waals surface area contributed by atoms with Crippen LogP contribution in [0.5, 0.6) is 5.75 Å². The summed E-state index contributed by atoms with van der Waals surface area (Å²) in [6, 6.07) is 24.2. The summed E-state index contributed by atoms with van der Waals surface area (Å²) in [6.07, 6.45) is -0.912. The Morgan fingerprint density at radius 3 is 1.85 bits per heavy atom. The second-order valence-corrected chi connectivity index (χ2v) is 23.1. The fourth-order valence-corrected chi connectivity index (χ4v) is 13.1. The number of nitrogens with zero attached hydrogens (tertiary/aromatic N) is 7. The average molecular weight is 1100 g/mol. The van der Waals surface area contributed by atoms with Crippen molar-refractivity contribution < 1.29 is 38.6 Å². The average Bonchev–Trinajstić information content (AvgIpc) is 4.38. The lowest BCUT2D eigenvalue weighted by Gasteiger charge is -2.36. The molecule has 6 aromatic rings. The highest BCUT2D eigenvalue weighted by Gasteiger charge is 2.49. The number of carbonyl (C=O) groups excluding carboxylic acids is 6. The van der Waals surface area contributed by atoms with Gasteiger partial charge in [0.05, 0.1) is 56.4 Å². The van der Waals surface area contributed by atoms with E-state index >= 15 is 4.79 Å². The molecule has 4 aliphatic heterocycles. The van der Waals surface area contributed by atoms with Gasteiger partial charge in [0.15, 0.2) is 0 Å². The Kier molecular flexibility index (Phi) is 15.8. The predicted octanol–water partition coefficient (Wildman–Crippen LogP) is 7.42. The SMILES string of the molecule is CC[C@H](C)[C@@H](C(=O)N1C[C@H](O)C[C@H]1C(=O)NCc1ccc(-c2scnc2C)cc1)N1Cc2ccc(O[C@@H]3C[C@@H](C(=O)NCc4ccc(-c5scnc5C)cc4)N(C(=O)[C@H](C(C)C)N4Cc5c(C#N)cccc5C4=O)C3)cc2C1=O. The number of hydrogen-bond acceptors (Lipinski definition) is 13. The van der Waals surface area contributed by atoms with Crippen LogP contribution in [0.3, 0.4) is 0 Å². The van der Waals surface area contributed by atoms with E-state index in [1.807, 2.05) is 90.1 Å². The molecule has 2 saturated heterocycles. The molecule has 4 aromatic carbocycles. The van der Waals surface area contributed by atoms with Gasteiger partial charge in [-0.05, 0) is 77.8 Å². The van der Waals surface area contributed by atoms with Crippen molar-refractivity contribution in [3.63, 3.8) is 0 Å². The van der Waals surface area contributed by atoms with Crippen LogP contribution in [-0.4, -0.2) is 120 Å². The Balaban J connectivity index is 0.844. The number of likely N-dealkylation sites (tertiary alicyclic amines) is 2. The molecule has 6 heterocycles. The minimum Gasteiger partial charge on any atom is -0.488 e. The molecule has 79 heavy (non-hydrogen) atoms. The first kappa shape index (κ1) is 54.6. The number of aliphatic hydroxyl groups is 1. The molecule has 10 rings (SSSR count). The number of amides is 6. The molecular weight excluding hydrogens is 1040 g/mol. The van der Waals surface area contributed by atoms with Crippen LogP contribution in [0.25, 0.3) is 20.9 Å². The monoisotopic (exact) mass is 1100 g/mol. The number of hydrogen-bond donors (Lipinski definition) is 3. The van der Waals surface area contributed by atoms with E-state index in [9.17, 15) is 34.3 Å². The molecule has 0 aliphatic carbocycles. The topological polar surface area (TPSA) is 218 Å². The Morgan fingerprint density at radius 1 is 0.734 bits per heavy atom. The summed E-state index contributed by atoms with van der Waals surface area (Å²) in [5.74, 6) is -2.73. The summed E-state index contributed by atoms with van der Waals surface area (Å²) in [7, 11) is 0. The number of aliphatic hydroxyl groups excluding tert-OH is 1. The lowest BCUT2D eigenvalue weighted by Crippen LogP contribution is -2.55. The maximum atomic E-state index is 15.0. The number of nitriles is 1. The number of fused-ring (bicyclic) bond motifs is 2. The summed E-state index contributed by atoms with van der Waals surface area (Å²) in [4.78, 5) is 104. The van der Waals surface area contributed by atoms with E-state index in [1.165, 1.54) is 14.7 Å². The van der Waals surface area contributed by atoms with Crippen LogP contribution in [0.4, 0.5) is 0 Å². The molecule has 3 N–H and O–H groups in total. The van der Waals surface area contributed by atoms with Crippen LogP contribution in [0.15, 0.2) is 96.0 Å². The van der Waals surface area contributed by atoms with Crippen LogP contribution >= 0.6 is 22.7 Å². The molecule has 0 saturated carbocycles. The summed E-state index contributed by atoms with van der Waals surface area (Å²) in [6.45, 7) is 12.0. The third kappa shape index (κ3) is 10.9. The fourth-order valence-electron chi connectivity index (χ4n) is 11.5. The Labute approximate surface area is 467 Å². The maximum Gasteiger partial charge on any atom is 0.255 e. The Hall–Kier alpha value is -7.79.